The van der Waals surface area contributed by atoms with Crippen LogP contribution in [0.5, 0.6) is 0 Å². The molecule has 1 heterocycles. The van der Waals surface area contributed by atoms with E-state index in [-0.39, 0.29) is 0 Å². The van der Waals surface area contributed by atoms with Crippen molar-refractivity contribution in [3.63, 3.8) is 0 Å². The van der Waals surface area contributed by atoms with Crippen LogP contribution in [0.15, 0.2) is 0 Å². The molecule has 0 amide bonds. The Labute approximate surface area is 119 Å². The maximum Gasteiger partial charge on any atom is 0.165 e. The van der Waals surface area contributed by atoms with Gasteiger partial charge in [0.25, 0.3) is 0 Å². The molecule has 0 aromatic carbocycles. The van der Waals surface area contributed by atoms with E-state index in [4.69, 9.17) is 0 Å². The Hall–Kier alpha value is -0.620. The van der Waals surface area contributed by atoms with Crippen molar-refractivity contribution >= 4 is 11.8 Å². The van der Waals surface area contributed by atoms with E-state index in [0.717, 1.165) is 17.6 Å². The lowest BCUT2D eigenvalue weighted by atomic mass is 9.95. The second-order valence-electron chi connectivity index (χ2n) is 5.40. The summed E-state index contributed by atoms with van der Waals surface area (Å²) < 4.78 is 1.90. The van der Waals surface area contributed by atoms with Gasteiger partial charge in [0.2, 0.25) is 0 Å². The van der Waals surface area contributed by atoms with Gasteiger partial charge in [0, 0.05) is 11.3 Å². The minimum atomic E-state index is 0.318. The maximum absolute atomic E-state index is 4.13. The van der Waals surface area contributed by atoms with Crippen LogP contribution in [0, 0.1) is 0 Å². The van der Waals surface area contributed by atoms with Gasteiger partial charge >= 0.3 is 0 Å². The van der Waals surface area contributed by atoms with Crippen LogP contribution in [0.1, 0.15) is 58.3 Å². The summed E-state index contributed by atoms with van der Waals surface area (Å²) in [5.74, 6) is 2.15. The average molecular weight is 283 g/mol. The molecule has 1 fully saturated rings. The summed E-state index contributed by atoms with van der Waals surface area (Å²) in [6.45, 7) is 7.23. The van der Waals surface area contributed by atoms with Crippen LogP contribution in [0.25, 0.3) is 0 Å². The quantitative estimate of drug-likeness (QED) is 0.869. The number of aromatic nitrogens is 4. The highest BCUT2D eigenvalue weighted by atomic mass is 32.2. The summed E-state index contributed by atoms with van der Waals surface area (Å²) in [7, 11) is 0. The Morgan fingerprint density at radius 2 is 2.16 bits per heavy atom. The largest absolute Gasteiger partial charge is 0.306 e. The van der Waals surface area contributed by atoms with Crippen LogP contribution in [0.3, 0.4) is 0 Å². The van der Waals surface area contributed by atoms with Crippen LogP contribution >= 0.6 is 11.8 Å². The van der Waals surface area contributed by atoms with E-state index < -0.39 is 0 Å². The molecule has 0 bridgehead atoms. The number of tetrazole rings is 1. The van der Waals surface area contributed by atoms with Crippen molar-refractivity contribution < 1.29 is 0 Å². The molecular weight excluding hydrogens is 258 g/mol. The van der Waals surface area contributed by atoms with Gasteiger partial charge in [-0.2, -0.15) is 11.8 Å². The van der Waals surface area contributed by atoms with Crippen LogP contribution in [-0.2, 0) is 6.54 Å². The van der Waals surface area contributed by atoms with Crippen LogP contribution in [0.2, 0.25) is 0 Å². The Bertz CT molecular complexity index is 377. The molecule has 5 nitrogen and oxygen atoms in total. The van der Waals surface area contributed by atoms with Gasteiger partial charge in [-0.3, -0.25) is 0 Å². The van der Waals surface area contributed by atoms with Crippen LogP contribution < -0.4 is 5.32 Å². The molecule has 1 aliphatic rings. The molecule has 0 radical (unpaired) electrons. The van der Waals surface area contributed by atoms with E-state index in [1.54, 1.807) is 0 Å². The second-order valence-corrected chi connectivity index (χ2v) is 6.92. The smallest absolute Gasteiger partial charge is 0.165 e. The molecule has 0 spiro atoms. The zero-order valence-corrected chi connectivity index (χ0v) is 13.0. The second kappa shape index (κ2) is 7.24. The summed E-state index contributed by atoms with van der Waals surface area (Å²) in [4.78, 5) is 0. The number of hydrogen-bond donors (Lipinski definition) is 1. The molecule has 108 valence electrons. The van der Waals surface area contributed by atoms with Gasteiger partial charge in [-0.05, 0) is 42.9 Å². The average Bonchev–Trinajstić information content (AvgIpc) is 2.86. The molecule has 0 unspecified atom stereocenters. The van der Waals surface area contributed by atoms with Gasteiger partial charge in [0.1, 0.15) is 0 Å². The first-order valence-corrected chi connectivity index (χ1v) is 8.39. The third-order valence-corrected chi connectivity index (χ3v) is 4.98. The number of nitrogens with zero attached hydrogens (tertiary/aromatic N) is 4. The third-order valence-electron chi connectivity index (χ3n) is 3.66. The van der Waals surface area contributed by atoms with Crippen molar-refractivity contribution in [3.05, 3.63) is 5.82 Å². The Balaban J connectivity index is 1.91. The van der Waals surface area contributed by atoms with Crippen LogP contribution in [-0.4, -0.2) is 37.3 Å². The topological polar surface area (TPSA) is 55.6 Å². The molecule has 1 aromatic heterocycles. The fourth-order valence-corrected chi connectivity index (χ4v) is 3.92. The van der Waals surface area contributed by atoms with E-state index in [0.29, 0.717) is 12.1 Å². The summed E-state index contributed by atoms with van der Waals surface area (Å²) in [6.07, 6.45) is 5.33. The molecule has 1 N–H and O–H groups in total. The minimum absolute atomic E-state index is 0.318. The van der Waals surface area contributed by atoms with Crippen molar-refractivity contribution in [3.8, 4) is 0 Å². The lowest BCUT2D eigenvalue weighted by Gasteiger charge is -2.31. The van der Waals surface area contributed by atoms with E-state index in [1.165, 1.54) is 31.4 Å². The summed E-state index contributed by atoms with van der Waals surface area (Å²) in [5.41, 5.74) is 0. The number of hydrogen-bond acceptors (Lipinski definition) is 5. The Morgan fingerprint density at radius 3 is 2.89 bits per heavy atom. The first kappa shape index (κ1) is 14.8. The van der Waals surface area contributed by atoms with Gasteiger partial charge in [0.15, 0.2) is 5.82 Å². The molecular formula is C13H25N5S. The number of thioether (sulfide) groups is 1. The zero-order valence-electron chi connectivity index (χ0n) is 12.2. The highest BCUT2D eigenvalue weighted by Gasteiger charge is 2.25. The molecule has 1 aliphatic carbocycles. The zero-order chi connectivity index (χ0) is 13.7. The highest BCUT2D eigenvalue weighted by molar-refractivity contribution is 7.99. The Morgan fingerprint density at radius 1 is 1.37 bits per heavy atom. The fraction of sp³-hybridized carbons (Fsp3) is 0.923. The van der Waals surface area contributed by atoms with Crippen LogP contribution in [0.4, 0.5) is 0 Å². The molecule has 2 rings (SSSR count). The van der Waals surface area contributed by atoms with E-state index in [2.05, 4.69) is 53.4 Å². The minimum Gasteiger partial charge on any atom is -0.306 e. The molecule has 0 aliphatic heterocycles. The monoisotopic (exact) mass is 283 g/mol. The van der Waals surface area contributed by atoms with Crippen molar-refractivity contribution in [2.45, 2.75) is 70.3 Å². The molecule has 19 heavy (non-hydrogen) atoms. The molecule has 1 aromatic rings. The van der Waals surface area contributed by atoms with E-state index in [9.17, 15) is 0 Å². The number of nitrogens with one attached hydrogen (secondary N) is 1. The van der Waals surface area contributed by atoms with E-state index >= 15 is 0 Å². The molecule has 1 saturated carbocycles. The summed E-state index contributed by atoms with van der Waals surface area (Å²) >= 11 is 2.09. The number of rotatable bonds is 6. The third kappa shape index (κ3) is 3.92. The summed E-state index contributed by atoms with van der Waals surface area (Å²) in [6, 6.07) is 0.926. The van der Waals surface area contributed by atoms with Gasteiger partial charge in [-0.1, -0.05) is 19.8 Å². The maximum atomic E-state index is 4.13. The predicted molar refractivity (Wildman–Crippen MR) is 79.2 cm³/mol. The molecule has 2 atom stereocenters. The first-order chi connectivity index (χ1) is 9.22. The van der Waals surface area contributed by atoms with Crippen molar-refractivity contribution in [2.75, 3.05) is 5.75 Å². The summed E-state index contributed by atoms with van der Waals surface area (Å²) in [5, 5.41) is 16.4. The SMILES string of the molecule is CCS[C@H]1CCCC[C@@H]1NCc1nnnn1C(C)C. The Kier molecular flexibility index (Phi) is 5.63. The first-order valence-electron chi connectivity index (χ1n) is 7.34. The van der Waals surface area contributed by atoms with Crippen molar-refractivity contribution in [1.29, 1.82) is 0 Å². The normalized spacial score (nSPS) is 24.0. The van der Waals surface area contributed by atoms with Crippen molar-refractivity contribution in [2.24, 2.45) is 0 Å². The standard InChI is InChI=1S/C13H25N5S/c1-4-19-12-8-6-5-7-11(12)14-9-13-15-16-17-18(13)10(2)3/h10-12,14H,4-9H2,1-3H3/t11-,12-/m0/s1. The predicted octanol–water partition coefficient (Wildman–Crippen LogP) is 2.41. The van der Waals surface area contributed by atoms with Gasteiger partial charge in [-0.15, -0.1) is 5.10 Å². The van der Waals surface area contributed by atoms with Gasteiger partial charge in [-0.25, -0.2) is 4.68 Å². The molecule has 6 heteroatoms. The van der Waals surface area contributed by atoms with Gasteiger partial charge in [0.05, 0.1) is 12.6 Å². The highest BCUT2D eigenvalue weighted by Crippen LogP contribution is 2.28. The van der Waals surface area contributed by atoms with E-state index in [1.807, 2.05) is 4.68 Å². The molecule has 0 saturated heterocycles. The van der Waals surface area contributed by atoms with Gasteiger partial charge < -0.3 is 5.32 Å². The lowest BCUT2D eigenvalue weighted by Crippen LogP contribution is -2.40. The lowest BCUT2D eigenvalue weighted by molar-refractivity contribution is 0.372. The fourth-order valence-electron chi connectivity index (χ4n) is 2.70. The van der Waals surface area contributed by atoms with Crippen molar-refractivity contribution in [1.82, 2.24) is 25.5 Å².